The molecule has 1 N–H and O–H groups in total. The summed E-state index contributed by atoms with van der Waals surface area (Å²) in [5.74, 6) is -2.63. The molecule has 0 aliphatic carbocycles. The molecular weight excluding hydrogens is 328 g/mol. The Hall–Kier alpha value is -2.76. The van der Waals surface area contributed by atoms with Gasteiger partial charge in [0, 0.05) is 13.0 Å². The van der Waals surface area contributed by atoms with Crippen molar-refractivity contribution in [1.82, 2.24) is 4.90 Å². The monoisotopic (exact) mass is 345 g/mol. The number of aryl methyl sites for hydroxylation is 1. The lowest BCUT2D eigenvalue weighted by Crippen LogP contribution is -2.43. The molecule has 0 aromatic heterocycles. The van der Waals surface area contributed by atoms with Gasteiger partial charge in [-0.25, -0.2) is 13.6 Å². The topological polar surface area (TPSA) is 57.6 Å². The second kappa shape index (κ2) is 7.01. The smallest absolute Gasteiger partial charge is 0.331 e. The fourth-order valence-electron chi connectivity index (χ4n) is 3.22. The summed E-state index contributed by atoms with van der Waals surface area (Å²) in [5.41, 5.74) is 1.62. The van der Waals surface area contributed by atoms with E-state index in [4.69, 9.17) is 0 Å². The van der Waals surface area contributed by atoms with Crippen molar-refractivity contribution in [2.24, 2.45) is 0 Å². The van der Waals surface area contributed by atoms with Gasteiger partial charge >= 0.3 is 5.97 Å². The lowest BCUT2D eigenvalue weighted by atomic mass is 9.92. The summed E-state index contributed by atoms with van der Waals surface area (Å²) in [7, 11) is 0. The fraction of sp³-hybridized carbons (Fsp3) is 0.263. The molecule has 4 nitrogen and oxygen atoms in total. The lowest BCUT2D eigenvalue weighted by Gasteiger charge is -2.34. The summed E-state index contributed by atoms with van der Waals surface area (Å²) in [6, 6.07) is 9.19. The molecule has 0 fully saturated rings. The summed E-state index contributed by atoms with van der Waals surface area (Å²) in [6.45, 7) is 0.290. The van der Waals surface area contributed by atoms with Crippen molar-refractivity contribution >= 4 is 11.9 Å². The molecule has 0 saturated carbocycles. The summed E-state index contributed by atoms with van der Waals surface area (Å²) in [5, 5.41) is 9.57. The molecule has 2 aromatic carbocycles. The Labute approximate surface area is 143 Å². The number of nitrogens with zero attached hydrogens (tertiary/aromatic N) is 1. The Morgan fingerprint density at radius 1 is 1.16 bits per heavy atom. The molecule has 0 spiro atoms. The zero-order valence-electron chi connectivity index (χ0n) is 13.4. The molecule has 0 saturated heterocycles. The summed E-state index contributed by atoms with van der Waals surface area (Å²) < 4.78 is 26.9. The second-order valence-electron chi connectivity index (χ2n) is 6.01. The number of hydrogen-bond acceptors (Lipinski definition) is 2. The molecule has 3 rings (SSSR count). The van der Waals surface area contributed by atoms with Crippen LogP contribution in [0.15, 0.2) is 42.5 Å². The van der Waals surface area contributed by atoms with Crippen LogP contribution in [0.4, 0.5) is 8.78 Å². The van der Waals surface area contributed by atoms with E-state index in [-0.39, 0.29) is 24.3 Å². The molecule has 1 amide bonds. The van der Waals surface area contributed by atoms with E-state index in [1.807, 2.05) is 12.1 Å². The predicted octanol–water partition coefficient (Wildman–Crippen LogP) is 3.11. The number of benzene rings is 2. The standard InChI is InChI=1S/C19H17F2NO3/c20-14-6-7-16(21)13(11-14)5-8-17(23)22-10-9-12-3-1-2-4-15(12)18(22)19(24)25/h1-4,6-7,11,18H,5,8-10H2,(H,24,25). The molecule has 1 atom stereocenters. The zero-order chi connectivity index (χ0) is 18.0. The predicted molar refractivity (Wildman–Crippen MR) is 86.9 cm³/mol. The first kappa shape index (κ1) is 17.1. The van der Waals surface area contributed by atoms with Gasteiger partial charge < -0.3 is 10.0 Å². The fourth-order valence-corrected chi connectivity index (χ4v) is 3.22. The van der Waals surface area contributed by atoms with Crippen molar-refractivity contribution in [1.29, 1.82) is 0 Å². The minimum Gasteiger partial charge on any atom is -0.479 e. The van der Waals surface area contributed by atoms with Crippen molar-refractivity contribution in [3.8, 4) is 0 Å². The van der Waals surface area contributed by atoms with E-state index in [9.17, 15) is 23.5 Å². The van der Waals surface area contributed by atoms with Gasteiger partial charge in [0.2, 0.25) is 5.91 Å². The van der Waals surface area contributed by atoms with E-state index in [2.05, 4.69) is 0 Å². The molecule has 1 aliphatic heterocycles. The van der Waals surface area contributed by atoms with Crippen LogP contribution in [0, 0.1) is 11.6 Å². The van der Waals surface area contributed by atoms with Crippen LogP contribution in [-0.4, -0.2) is 28.4 Å². The Morgan fingerprint density at radius 2 is 1.92 bits per heavy atom. The van der Waals surface area contributed by atoms with Crippen molar-refractivity contribution in [2.45, 2.75) is 25.3 Å². The average molecular weight is 345 g/mol. The van der Waals surface area contributed by atoms with Gasteiger partial charge in [0.1, 0.15) is 11.6 Å². The summed E-state index contributed by atoms with van der Waals surface area (Å²) in [6.07, 6.45) is 0.513. The van der Waals surface area contributed by atoms with Gasteiger partial charge in [0.05, 0.1) is 0 Å². The van der Waals surface area contributed by atoms with Gasteiger partial charge in [-0.2, -0.15) is 0 Å². The van der Waals surface area contributed by atoms with Gasteiger partial charge in [-0.05, 0) is 47.7 Å². The third-order valence-corrected chi connectivity index (χ3v) is 4.45. The molecule has 2 aromatic rings. The first-order valence-corrected chi connectivity index (χ1v) is 8.01. The van der Waals surface area contributed by atoms with Crippen LogP contribution < -0.4 is 0 Å². The highest BCUT2D eigenvalue weighted by Gasteiger charge is 2.35. The van der Waals surface area contributed by atoms with E-state index < -0.39 is 23.6 Å². The minimum absolute atomic E-state index is 0.0207. The normalized spacial score (nSPS) is 16.4. The van der Waals surface area contributed by atoms with Crippen molar-refractivity contribution < 1.29 is 23.5 Å². The number of aliphatic carboxylic acids is 1. The van der Waals surface area contributed by atoms with Crippen LogP contribution in [-0.2, 0) is 22.4 Å². The van der Waals surface area contributed by atoms with E-state index in [1.54, 1.807) is 12.1 Å². The maximum Gasteiger partial charge on any atom is 0.331 e. The van der Waals surface area contributed by atoms with Crippen LogP contribution in [0.1, 0.15) is 29.2 Å². The molecule has 0 bridgehead atoms. The number of halogens is 2. The van der Waals surface area contributed by atoms with Crippen LogP contribution in [0.2, 0.25) is 0 Å². The summed E-state index contributed by atoms with van der Waals surface area (Å²) >= 11 is 0. The number of carboxylic acid groups (broad SMARTS) is 1. The van der Waals surface area contributed by atoms with Gasteiger partial charge in [-0.1, -0.05) is 24.3 Å². The van der Waals surface area contributed by atoms with Gasteiger partial charge in [-0.15, -0.1) is 0 Å². The van der Waals surface area contributed by atoms with E-state index in [0.717, 1.165) is 23.8 Å². The first-order chi connectivity index (χ1) is 12.0. The van der Waals surface area contributed by atoms with Crippen LogP contribution in [0.5, 0.6) is 0 Å². The highest BCUT2D eigenvalue weighted by atomic mass is 19.1. The zero-order valence-corrected chi connectivity index (χ0v) is 13.4. The van der Waals surface area contributed by atoms with Gasteiger partial charge in [0.25, 0.3) is 0 Å². The van der Waals surface area contributed by atoms with Crippen LogP contribution in [0.25, 0.3) is 0 Å². The number of carboxylic acids is 1. The van der Waals surface area contributed by atoms with Crippen molar-refractivity contribution in [3.63, 3.8) is 0 Å². The Kier molecular flexibility index (Phi) is 4.79. The molecule has 130 valence electrons. The number of rotatable bonds is 4. The minimum atomic E-state index is -1.10. The molecule has 6 heteroatoms. The van der Waals surface area contributed by atoms with Gasteiger partial charge in [0.15, 0.2) is 6.04 Å². The van der Waals surface area contributed by atoms with E-state index >= 15 is 0 Å². The molecule has 1 unspecified atom stereocenters. The largest absolute Gasteiger partial charge is 0.479 e. The number of carbonyl (C=O) groups excluding carboxylic acids is 1. The lowest BCUT2D eigenvalue weighted by molar-refractivity contribution is -0.151. The number of amides is 1. The van der Waals surface area contributed by atoms with Crippen LogP contribution in [0.3, 0.4) is 0 Å². The van der Waals surface area contributed by atoms with Gasteiger partial charge in [-0.3, -0.25) is 4.79 Å². The first-order valence-electron chi connectivity index (χ1n) is 8.01. The molecule has 1 aliphatic rings. The maximum atomic E-state index is 13.7. The second-order valence-corrected chi connectivity index (χ2v) is 6.01. The molecule has 25 heavy (non-hydrogen) atoms. The number of hydrogen-bond donors (Lipinski definition) is 1. The molecule has 1 heterocycles. The highest BCUT2D eigenvalue weighted by molar-refractivity contribution is 5.85. The highest BCUT2D eigenvalue weighted by Crippen LogP contribution is 2.30. The molecule has 0 radical (unpaired) electrons. The number of fused-ring (bicyclic) bond motifs is 1. The SMILES string of the molecule is O=C(O)C1c2ccccc2CCN1C(=O)CCc1cc(F)ccc1F. The third kappa shape index (κ3) is 3.52. The Morgan fingerprint density at radius 3 is 2.68 bits per heavy atom. The van der Waals surface area contributed by atoms with Crippen molar-refractivity contribution in [3.05, 3.63) is 70.8 Å². The third-order valence-electron chi connectivity index (χ3n) is 4.45. The quantitative estimate of drug-likeness (QED) is 0.926. The Balaban J connectivity index is 1.77. The Bertz CT molecular complexity index is 822. The van der Waals surface area contributed by atoms with E-state index in [0.29, 0.717) is 18.5 Å². The maximum absolute atomic E-state index is 13.7. The van der Waals surface area contributed by atoms with E-state index in [1.165, 1.54) is 4.90 Å². The summed E-state index contributed by atoms with van der Waals surface area (Å²) in [4.78, 5) is 25.5. The average Bonchev–Trinajstić information content (AvgIpc) is 2.61. The van der Waals surface area contributed by atoms with Crippen molar-refractivity contribution in [2.75, 3.05) is 6.54 Å². The molecular formula is C19H17F2NO3. The number of carbonyl (C=O) groups is 2. The van der Waals surface area contributed by atoms with Crippen LogP contribution >= 0.6 is 0 Å².